The summed E-state index contributed by atoms with van der Waals surface area (Å²) in [5.74, 6) is 3.22. The molecular formula is C21H29NO2. The van der Waals surface area contributed by atoms with Gasteiger partial charge in [0, 0.05) is 7.05 Å². The molecule has 3 aliphatic rings. The fourth-order valence-electron chi connectivity index (χ4n) is 6.03. The van der Waals surface area contributed by atoms with Crippen LogP contribution in [0.15, 0.2) is 29.8 Å². The van der Waals surface area contributed by atoms with Crippen LogP contribution in [0.25, 0.3) is 0 Å². The van der Waals surface area contributed by atoms with E-state index in [1.807, 2.05) is 0 Å². The Kier molecular flexibility index (Phi) is 4.17. The average molecular weight is 327 g/mol. The van der Waals surface area contributed by atoms with E-state index in [0.29, 0.717) is 11.3 Å². The summed E-state index contributed by atoms with van der Waals surface area (Å²) in [6.45, 7) is 2.66. The maximum atomic E-state index is 9.37. The van der Waals surface area contributed by atoms with E-state index < -0.39 is 0 Å². The van der Waals surface area contributed by atoms with Crippen molar-refractivity contribution in [1.29, 1.82) is 0 Å². The van der Waals surface area contributed by atoms with Gasteiger partial charge in [-0.25, -0.2) is 0 Å². The van der Waals surface area contributed by atoms with Gasteiger partial charge in [0.1, 0.15) is 5.75 Å². The molecule has 0 bridgehead atoms. The minimum atomic E-state index is 0.197. The number of aliphatic hydroxyl groups excluding tert-OH is 1. The molecule has 3 aliphatic carbocycles. The molecule has 0 saturated heterocycles. The molecule has 0 aromatic heterocycles. The fraction of sp³-hybridized carbons (Fsp3) is 0.619. The number of fused-ring (bicyclic) bond motifs is 5. The van der Waals surface area contributed by atoms with Crippen LogP contribution in [0.5, 0.6) is 5.75 Å². The topological polar surface area (TPSA) is 41.5 Å². The van der Waals surface area contributed by atoms with Crippen molar-refractivity contribution in [3.05, 3.63) is 41.0 Å². The van der Waals surface area contributed by atoms with Crippen LogP contribution in [0, 0.1) is 17.3 Å². The van der Waals surface area contributed by atoms with Crippen molar-refractivity contribution in [2.45, 2.75) is 51.4 Å². The SMILES string of the molecule is CNOc1ccc2c(c1)CCC1C2CCC2(C)/C(=C/CO)CCC12. The van der Waals surface area contributed by atoms with Crippen LogP contribution in [0.3, 0.4) is 0 Å². The van der Waals surface area contributed by atoms with E-state index in [4.69, 9.17) is 4.84 Å². The highest BCUT2D eigenvalue weighted by atomic mass is 16.6. The van der Waals surface area contributed by atoms with Crippen LogP contribution in [0.1, 0.15) is 56.1 Å². The van der Waals surface area contributed by atoms with Crippen LogP contribution in [-0.4, -0.2) is 18.8 Å². The van der Waals surface area contributed by atoms with Crippen LogP contribution >= 0.6 is 0 Å². The van der Waals surface area contributed by atoms with Crippen LogP contribution < -0.4 is 10.3 Å². The van der Waals surface area contributed by atoms with Crippen LogP contribution in [-0.2, 0) is 6.42 Å². The lowest BCUT2D eigenvalue weighted by Crippen LogP contribution is -2.40. The summed E-state index contributed by atoms with van der Waals surface area (Å²) < 4.78 is 0. The van der Waals surface area contributed by atoms with Gasteiger partial charge in [0.15, 0.2) is 0 Å². The van der Waals surface area contributed by atoms with Crippen molar-refractivity contribution in [3.8, 4) is 5.75 Å². The van der Waals surface area contributed by atoms with Gasteiger partial charge in [-0.3, -0.25) is 0 Å². The van der Waals surface area contributed by atoms with E-state index in [-0.39, 0.29) is 6.61 Å². The zero-order chi connectivity index (χ0) is 16.7. The van der Waals surface area contributed by atoms with Crippen molar-refractivity contribution in [2.24, 2.45) is 17.3 Å². The zero-order valence-corrected chi connectivity index (χ0v) is 14.8. The Morgan fingerprint density at radius 2 is 2.17 bits per heavy atom. The smallest absolute Gasteiger partial charge is 0.147 e. The highest BCUT2D eigenvalue weighted by Crippen LogP contribution is 2.62. The van der Waals surface area contributed by atoms with Crippen LogP contribution in [0.4, 0.5) is 0 Å². The van der Waals surface area contributed by atoms with E-state index >= 15 is 0 Å². The summed E-state index contributed by atoms with van der Waals surface area (Å²) in [4.78, 5) is 5.45. The number of allylic oxidation sites excluding steroid dienone is 1. The van der Waals surface area contributed by atoms with E-state index in [2.05, 4.69) is 36.7 Å². The summed E-state index contributed by atoms with van der Waals surface area (Å²) in [5.41, 5.74) is 7.68. The van der Waals surface area contributed by atoms with Gasteiger partial charge in [0.25, 0.3) is 0 Å². The van der Waals surface area contributed by atoms with Crippen molar-refractivity contribution < 1.29 is 9.94 Å². The molecule has 2 N–H and O–H groups in total. The minimum absolute atomic E-state index is 0.197. The Labute approximate surface area is 145 Å². The van der Waals surface area contributed by atoms with Gasteiger partial charge in [-0.1, -0.05) is 24.6 Å². The highest BCUT2D eigenvalue weighted by molar-refractivity contribution is 5.41. The van der Waals surface area contributed by atoms with E-state index in [1.165, 1.54) is 49.7 Å². The normalized spacial score (nSPS) is 36.1. The molecular weight excluding hydrogens is 298 g/mol. The maximum Gasteiger partial charge on any atom is 0.147 e. The molecule has 2 fully saturated rings. The summed E-state index contributed by atoms with van der Waals surface area (Å²) in [6, 6.07) is 6.64. The van der Waals surface area contributed by atoms with E-state index in [0.717, 1.165) is 17.6 Å². The lowest BCUT2D eigenvalue weighted by atomic mass is 9.55. The summed E-state index contributed by atoms with van der Waals surface area (Å²) >= 11 is 0. The van der Waals surface area contributed by atoms with Gasteiger partial charge in [0.2, 0.25) is 0 Å². The molecule has 4 atom stereocenters. The third-order valence-corrected chi connectivity index (χ3v) is 7.10. The molecule has 130 valence electrons. The second-order valence-corrected chi connectivity index (χ2v) is 7.99. The van der Waals surface area contributed by atoms with Gasteiger partial charge in [0.05, 0.1) is 6.61 Å². The quantitative estimate of drug-likeness (QED) is 0.652. The van der Waals surface area contributed by atoms with Crippen molar-refractivity contribution in [3.63, 3.8) is 0 Å². The monoisotopic (exact) mass is 327 g/mol. The first kappa shape index (κ1) is 16.2. The fourth-order valence-corrected chi connectivity index (χ4v) is 6.03. The molecule has 1 aromatic carbocycles. The van der Waals surface area contributed by atoms with E-state index in [9.17, 15) is 5.11 Å². The molecule has 0 heterocycles. The van der Waals surface area contributed by atoms with Gasteiger partial charge in [-0.05, 0) is 85.0 Å². The van der Waals surface area contributed by atoms with Gasteiger partial charge in [-0.2, -0.15) is 5.48 Å². The number of hydrogen-bond acceptors (Lipinski definition) is 3. The molecule has 2 saturated carbocycles. The largest absolute Gasteiger partial charge is 0.409 e. The summed E-state index contributed by atoms with van der Waals surface area (Å²) in [7, 11) is 1.80. The Balaban J connectivity index is 1.63. The van der Waals surface area contributed by atoms with Gasteiger partial charge < -0.3 is 9.94 Å². The summed E-state index contributed by atoms with van der Waals surface area (Å²) in [5, 5.41) is 9.37. The molecule has 24 heavy (non-hydrogen) atoms. The molecule has 4 unspecified atom stereocenters. The van der Waals surface area contributed by atoms with Gasteiger partial charge in [-0.15, -0.1) is 0 Å². The third-order valence-electron chi connectivity index (χ3n) is 7.10. The van der Waals surface area contributed by atoms with Crippen LogP contribution in [0.2, 0.25) is 0 Å². The summed E-state index contributed by atoms with van der Waals surface area (Å²) in [6.07, 6.45) is 9.60. The van der Waals surface area contributed by atoms with Crippen molar-refractivity contribution in [1.82, 2.24) is 5.48 Å². The Morgan fingerprint density at radius 1 is 1.29 bits per heavy atom. The molecule has 0 amide bonds. The Bertz CT molecular complexity index is 653. The van der Waals surface area contributed by atoms with Crippen molar-refractivity contribution >= 4 is 0 Å². The molecule has 0 spiro atoms. The predicted molar refractivity (Wildman–Crippen MR) is 95.9 cm³/mol. The van der Waals surface area contributed by atoms with E-state index in [1.54, 1.807) is 12.6 Å². The molecule has 0 aliphatic heterocycles. The molecule has 4 rings (SSSR count). The number of nitrogens with one attached hydrogen (secondary N) is 1. The minimum Gasteiger partial charge on any atom is -0.409 e. The first-order valence-corrected chi connectivity index (χ1v) is 9.44. The van der Waals surface area contributed by atoms with Crippen molar-refractivity contribution in [2.75, 3.05) is 13.7 Å². The molecule has 3 heteroatoms. The number of benzene rings is 1. The standard InChI is InChI=1S/C21H29NO2/c1-21-11-9-18-17-7-5-16(24-22-2)13-14(17)3-6-19(18)20(21)8-4-15(21)10-12-23/h5,7,10,13,18-20,22-23H,3-4,6,8-9,11-12H2,1-2H3/b15-10+. The number of hydroxylamine groups is 1. The Hall–Kier alpha value is -1.32. The Morgan fingerprint density at radius 3 is 2.96 bits per heavy atom. The first-order valence-electron chi connectivity index (χ1n) is 9.44. The third kappa shape index (κ3) is 2.41. The predicted octanol–water partition coefficient (Wildman–Crippen LogP) is 3.97. The average Bonchev–Trinajstić information content (AvgIpc) is 2.92. The van der Waals surface area contributed by atoms with Gasteiger partial charge >= 0.3 is 0 Å². The molecule has 0 radical (unpaired) electrons. The lowest BCUT2D eigenvalue weighted by molar-refractivity contribution is 0.0809. The zero-order valence-electron chi connectivity index (χ0n) is 14.8. The number of aryl methyl sites for hydroxylation is 1. The number of aliphatic hydroxyl groups is 1. The highest BCUT2D eigenvalue weighted by Gasteiger charge is 2.52. The molecule has 1 aromatic rings. The molecule has 3 nitrogen and oxygen atoms in total. The number of hydrogen-bond donors (Lipinski definition) is 2. The maximum absolute atomic E-state index is 9.37. The lowest BCUT2D eigenvalue weighted by Gasteiger charge is -2.49. The second kappa shape index (κ2) is 6.20. The second-order valence-electron chi connectivity index (χ2n) is 7.99. The number of rotatable bonds is 3. The first-order chi connectivity index (χ1) is 11.7.